The summed E-state index contributed by atoms with van der Waals surface area (Å²) in [7, 11) is 2.61. The molecule has 3 aromatic rings. The van der Waals surface area contributed by atoms with Gasteiger partial charge in [-0.3, -0.25) is 14.9 Å². The second-order valence-electron chi connectivity index (χ2n) is 7.95. The summed E-state index contributed by atoms with van der Waals surface area (Å²) in [6.07, 6.45) is 1.25. The van der Waals surface area contributed by atoms with Gasteiger partial charge < -0.3 is 14.2 Å². The van der Waals surface area contributed by atoms with Gasteiger partial charge in [-0.05, 0) is 65.7 Å². The number of anilines is 1. The van der Waals surface area contributed by atoms with Gasteiger partial charge in [0, 0.05) is 0 Å². The van der Waals surface area contributed by atoms with Gasteiger partial charge in [-0.2, -0.15) is 0 Å². The van der Waals surface area contributed by atoms with Crippen molar-refractivity contribution in [1.82, 2.24) is 5.32 Å². The molecule has 1 N–H and O–H groups in total. The molecule has 1 aliphatic heterocycles. The molecule has 194 valence electrons. The van der Waals surface area contributed by atoms with E-state index in [0.717, 1.165) is 4.90 Å². The van der Waals surface area contributed by atoms with E-state index in [4.69, 9.17) is 21.1 Å². The number of methoxy groups -OCH3 is 2. The van der Waals surface area contributed by atoms with Crippen LogP contribution in [0.1, 0.15) is 21.5 Å². The second kappa shape index (κ2) is 11.1. The van der Waals surface area contributed by atoms with Gasteiger partial charge in [-0.1, -0.05) is 23.7 Å². The molecule has 3 aromatic carbocycles. The molecule has 11 heteroatoms. The van der Waals surface area contributed by atoms with Crippen LogP contribution in [0.3, 0.4) is 0 Å². The third kappa shape index (κ3) is 5.50. The molecule has 0 spiro atoms. The van der Waals surface area contributed by atoms with Crippen LogP contribution in [0.15, 0.2) is 66.2 Å². The molecule has 0 bridgehead atoms. The Morgan fingerprint density at radius 3 is 2.45 bits per heavy atom. The average Bonchev–Trinajstić information content (AvgIpc) is 2.90. The number of rotatable bonds is 7. The fourth-order valence-corrected chi connectivity index (χ4v) is 3.94. The maximum Gasteiger partial charge on any atom is 0.337 e. The number of amides is 4. The van der Waals surface area contributed by atoms with E-state index in [-0.39, 0.29) is 40.0 Å². The third-order valence-corrected chi connectivity index (χ3v) is 5.76. The van der Waals surface area contributed by atoms with Gasteiger partial charge in [-0.25, -0.2) is 18.9 Å². The third-order valence-electron chi connectivity index (χ3n) is 5.48. The number of ether oxygens (including phenoxy) is 3. The number of barbiturate groups is 1. The van der Waals surface area contributed by atoms with Crippen LogP contribution >= 0.6 is 11.6 Å². The minimum atomic E-state index is -0.945. The first-order valence-electron chi connectivity index (χ1n) is 11.1. The standard InChI is InChI=1S/C27H20ClFN2O7/c1-36-22-13-16(12-21(28)23(22)38-14-15-4-3-5-18(29)10-15)11-20-24(32)30-27(35)31(25(20)33)19-8-6-17(7-9-19)26(34)37-2/h3-13H,14H2,1-2H3,(H,30,32,35)/b20-11+. The molecule has 9 nitrogen and oxygen atoms in total. The summed E-state index contributed by atoms with van der Waals surface area (Å²) < 4.78 is 29.2. The topological polar surface area (TPSA) is 111 Å². The fraction of sp³-hybridized carbons (Fsp3) is 0.111. The quantitative estimate of drug-likeness (QED) is 0.267. The molecule has 4 rings (SSSR count). The molecule has 38 heavy (non-hydrogen) atoms. The van der Waals surface area contributed by atoms with Crippen molar-refractivity contribution in [2.45, 2.75) is 6.61 Å². The van der Waals surface area contributed by atoms with Gasteiger partial charge in [0.1, 0.15) is 18.0 Å². The Balaban J connectivity index is 1.62. The van der Waals surface area contributed by atoms with Crippen molar-refractivity contribution >= 4 is 47.2 Å². The Kier molecular flexibility index (Phi) is 7.73. The smallest absolute Gasteiger partial charge is 0.337 e. The van der Waals surface area contributed by atoms with Gasteiger partial charge in [0.15, 0.2) is 11.5 Å². The molecule has 1 saturated heterocycles. The normalized spacial score (nSPS) is 14.4. The predicted octanol–water partition coefficient (Wildman–Crippen LogP) is 4.52. The van der Waals surface area contributed by atoms with Crippen molar-refractivity contribution in [3.8, 4) is 11.5 Å². The summed E-state index contributed by atoms with van der Waals surface area (Å²) in [5, 5.41) is 2.24. The Bertz CT molecular complexity index is 1470. The van der Waals surface area contributed by atoms with Crippen LogP contribution in [0.5, 0.6) is 11.5 Å². The maximum atomic E-state index is 13.5. The fourth-order valence-electron chi connectivity index (χ4n) is 3.67. The van der Waals surface area contributed by atoms with Crippen LogP contribution in [0.2, 0.25) is 5.02 Å². The highest BCUT2D eigenvalue weighted by atomic mass is 35.5. The van der Waals surface area contributed by atoms with Crippen molar-refractivity contribution in [2.24, 2.45) is 0 Å². The van der Waals surface area contributed by atoms with Crippen molar-refractivity contribution in [3.63, 3.8) is 0 Å². The Hall–Kier alpha value is -4.70. The molecule has 1 aliphatic rings. The largest absolute Gasteiger partial charge is 0.493 e. The van der Waals surface area contributed by atoms with E-state index in [1.807, 2.05) is 0 Å². The molecule has 4 amide bonds. The van der Waals surface area contributed by atoms with Crippen molar-refractivity contribution < 1.29 is 37.8 Å². The van der Waals surface area contributed by atoms with Gasteiger partial charge in [0.05, 0.1) is 30.5 Å². The van der Waals surface area contributed by atoms with E-state index in [1.54, 1.807) is 12.1 Å². The van der Waals surface area contributed by atoms with E-state index in [1.165, 1.54) is 68.8 Å². The Morgan fingerprint density at radius 1 is 1.05 bits per heavy atom. The molecule has 0 radical (unpaired) electrons. The van der Waals surface area contributed by atoms with Crippen LogP contribution in [0, 0.1) is 5.82 Å². The molecule has 1 fully saturated rings. The summed E-state index contributed by atoms with van der Waals surface area (Å²) in [5.41, 5.74) is 0.903. The molecule has 1 heterocycles. The summed E-state index contributed by atoms with van der Waals surface area (Å²) in [5.74, 6) is -2.39. The lowest BCUT2D eigenvalue weighted by molar-refractivity contribution is -0.122. The predicted molar refractivity (Wildman–Crippen MR) is 136 cm³/mol. The van der Waals surface area contributed by atoms with E-state index in [0.29, 0.717) is 11.1 Å². The zero-order valence-electron chi connectivity index (χ0n) is 20.1. The number of hydrogen-bond donors (Lipinski definition) is 1. The number of carbonyl (C=O) groups is 4. The first-order chi connectivity index (χ1) is 18.2. The lowest BCUT2D eigenvalue weighted by Gasteiger charge is -2.26. The highest BCUT2D eigenvalue weighted by Crippen LogP contribution is 2.38. The first-order valence-corrected chi connectivity index (χ1v) is 11.4. The van der Waals surface area contributed by atoms with Gasteiger partial charge in [0.2, 0.25) is 0 Å². The highest BCUT2D eigenvalue weighted by molar-refractivity contribution is 6.39. The van der Waals surface area contributed by atoms with Crippen LogP contribution in [-0.4, -0.2) is 38.0 Å². The molecule has 0 aliphatic carbocycles. The summed E-state index contributed by atoms with van der Waals surface area (Å²) >= 11 is 6.41. The number of esters is 1. The monoisotopic (exact) mass is 538 g/mol. The summed E-state index contributed by atoms with van der Waals surface area (Å²) in [4.78, 5) is 50.6. The van der Waals surface area contributed by atoms with Crippen LogP contribution < -0.4 is 19.7 Å². The van der Waals surface area contributed by atoms with E-state index < -0.39 is 29.6 Å². The minimum absolute atomic E-state index is 0.0149. The molecule has 0 aromatic heterocycles. The van der Waals surface area contributed by atoms with Gasteiger partial charge >= 0.3 is 12.0 Å². The number of nitrogens with zero attached hydrogens (tertiary/aromatic N) is 1. The highest BCUT2D eigenvalue weighted by Gasteiger charge is 2.37. The number of imide groups is 2. The molecular formula is C27H20ClFN2O7. The van der Waals surface area contributed by atoms with Gasteiger partial charge in [0.25, 0.3) is 11.8 Å². The Morgan fingerprint density at radius 2 is 1.79 bits per heavy atom. The summed E-state index contributed by atoms with van der Waals surface area (Å²) in [6, 6.07) is 13.4. The van der Waals surface area contributed by atoms with Crippen LogP contribution in [0.4, 0.5) is 14.9 Å². The first kappa shape index (κ1) is 26.4. The number of carbonyl (C=O) groups excluding carboxylic acids is 4. The van der Waals surface area contributed by atoms with E-state index in [9.17, 15) is 23.6 Å². The minimum Gasteiger partial charge on any atom is -0.493 e. The zero-order valence-corrected chi connectivity index (χ0v) is 20.9. The number of benzene rings is 3. The molecule has 0 unspecified atom stereocenters. The average molecular weight is 539 g/mol. The zero-order chi connectivity index (χ0) is 27.4. The number of hydrogen-bond acceptors (Lipinski definition) is 7. The SMILES string of the molecule is COC(=O)c1ccc(N2C(=O)NC(=O)/C(=C\c3cc(Cl)c(OCc4cccc(F)c4)c(OC)c3)C2=O)cc1. The molecule has 0 saturated carbocycles. The number of urea groups is 1. The van der Waals surface area contributed by atoms with Crippen molar-refractivity contribution in [3.05, 3.63) is 93.8 Å². The van der Waals surface area contributed by atoms with Crippen molar-refractivity contribution in [2.75, 3.05) is 19.1 Å². The summed E-state index contributed by atoms with van der Waals surface area (Å²) in [6.45, 7) is 0.0149. The van der Waals surface area contributed by atoms with Crippen molar-refractivity contribution in [1.29, 1.82) is 0 Å². The van der Waals surface area contributed by atoms with E-state index >= 15 is 0 Å². The second-order valence-corrected chi connectivity index (χ2v) is 8.36. The maximum absolute atomic E-state index is 13.5. The number of nitrogens with one attached hydrogen (secondary N) is 1. The Labute approximate surface area is 221 Å². The molecule has 0 atom stereocenters. The van der Waals surface area contributed by atoms with Gasteiger partial charge in [-0.15, -0.1) is 0 Å². The lowest BCUT2D eigenvalue weighted by atomic mass is 10.1. The number of halogens is 2. The van der Waals surface area contributed by atoms with Crippen LogP contribution in [0.25, 0.3) is 6.08 Å². The van der Waals surface area contributed by atoms with Crippen LogP contribution in [-0.2, 0) is 20.9 Å². The lowest BCUT2D eigenvalue weighted by Crippen LogP contribution is -2.54. The molecular weight excluding hydrogens is 519 g/mol. The van der Waals surface area contributed by atoms with E-state index in [2.05, 4.69) is 10.1 Å².